The number of carbonyl (C=O) groups excluding carboxylic acids is 1. The van der Waals surface area contributed by atoms with E-state index < -0.39 is 0 Å². The number of halogens is 2. The van der Waals surface area contributed by atoms with Crippen LogP contribution in [0.2, 0.25) is 0 Å². The Hall–Kier alpha value is -0.970. The molecule has 1 fully saturated rings. The third-order valence-corrected chi connectivity index (χ3v) is 3.92. The highest BCUT2D eigenvalue weighted by Gasteiger charge is 2.25. The molecule has 1 aromatic rings. The molecule has 0 saturated heterocycles. The summed E-state index contributed by atoms with van der Waals surface area (Å²) < 4.78 is 0. The summed E-state index contributed by atoms with van der Waals surface area (Å²) in [7, 11) is 4.20. The Labute approximate surface area is 139 Å². The molecule has 0 aromatic heterocycles. The number of benzene rings is 1. The Bertz CT molecular complexity index is 454. The van der Waals surface area contributed by atoms with E-state index in [9.17, 15) is 4.79 Å². The van der Waals surface area contributed by atoms with Gasteiger partial charge in [0.05, 0.1) is 5.56 Å². The Kier molecular flexibility index (Phi) is 8.71. The van der Waals surface area contributed by atoms with Gasteiger partial charge in [-0.2, -0.15) is 0 Å². The summed E-state index contributed by atoms with van der Waals surface area (Å²) >= 11 is 0. The number of nitrogens with two attached hydrogens (primary N) is 1. The van der Waals surface area contributed by atoms with Crippen LogP contribution in [0.25, 0.3) is 0 Å². The summed E-state index contributed by atoms with van der Waals surface area (Å²) in [4.78, 5) is 14.5. The largest absolute Gasteiger partial charge is 0.398 e. The van der Waals surface area contributed by atoms with Gasteiger partial charge in [0, 0.05) is 17.8 Å². The molecule has 1 aromatic carbocycles. The van der Waals surface area contributed by atoms with E-state index in [0.717, 1.165) is 19.3 Å². The van der Waals surface area contributed by atoms with Crippen LogP contribution in [-0.2, 0) is 0 Å². The number of anilines is 1. The van der Waals surface area contributed by atoms with E-state index in [1.807, 2.05) is 12.1 Å². The quantitative estimate of drug-likeness (QED) is 0.836. The Morgan fingerprint density at radius 3 is 2.52 bits per heavy atom. The summed E-state index contributed by atoms with van der Waals surface area (Å²) in [5, 5.41) is 3.12. The average molecular weight is 334 g/mol. The normalized spacial score (nSPS) is 21.1. The average Bonchev–Trinajstić information content (AvgIpc) is 2.39. The van der Waals surface area contributed by atoms with Gasteiger partial charge in [-0.1, -0.05) is 12.1 Å². The van der Waals surface area contributed by atoms with Crippen LogP contribution in [0, 0.1) is 0 Å². The predicted octanol–water partition coefficient (Wildman–Crippen LogP) is 2.72. The molecular weight excluding hydrogens is 309 g/mol. The number of amides is 1. The fourth-order valence-electron chi connectivity index (χ4n) is 2.73. The summed E-state index contributed by atoms with van der Waals surface area (Å²) in [6.45, 7) is 0. The van der Waals surface area contributed by atoms with Crippen LogP contribution in [0.5, 0.6) is 0 Å². The van der Waals surface area contributed by atoms with Gasteiger partial charge >= 0.3 is 0 Å². The van der Waals surface area contributed by atoms with Gasteiger partial charge in [-0.3, -0.25) is 4.79 Å². The lowest BCUT2D eigenvalue weighted by atomic mass is 9.90. The SMILES string of the molecule is CN(C)C1CCCC(NC(=O)c2ccccc2N)C1.Cl.Cl. The molecular formula is C15H25Cl2N3O. The number of hydrogen-bond donors (Lipinski definition) is 2. The summed E-state index contributed by atoms with van der Waals surface area (Å²) in [5.74, 6) is -0.0532. The third kappa shape index (κ3) is 5.38. The maximum Gasteiger partial charge on any atom is 0.253 e. The molecule has 2 unspecified atom stereocenters. The first-order valence-electron chi connectivity index (χ1n) is 6.89. The molecule has 120 valence electrons. The Morgan fingerprint density at radius 2 is 1.90 bits per heavy atom. The zero-order chi connectivity index (χ0) is 13.8. The van der Waals surface area contributed by atoms with Crippen molar-refractivity contribution in [3.05, 3.63) is 29.8 Å². The summed E-state index contributed by atoms with van der Waals surface area (Å²) in [6, 6.07) is 8.04. The number of nitrogens with one attached hydrogen (secondary N) is 1. The Balaban J connectivity index is 0.00000200. The number of carbonyl (C=O) groups is 1. The first kappa shape index (κ1) is 20.0. The van der Waals surface area contributed by atoms with Crippen LogP contribution in [0.3, 0.4) is 0 Å². The molecule has 2 rings (SSSR count). The minimum absolute atomic E-state index is 0. The van der Waals surface area contributed by atoms with Gasteiger partial charge in [-0.05, 0) is 51.9 Å². The maximum absolute atomic E-state index is 12.2. The van der Waals surface area contributed by atoms with E-state index in [1.54, 1.807) is 12.1 Å². The number of para-hydroxylation sites is 1. The second-order valence-electron chi connectivity index (χ2n) is 5.54. The van der Waals surface area contributed by atoms with Crippen molar-refractivity contribution in [1.82, 2.24) is 10.2 Å². The molecule has 1 amide bonds. The molecule has 0 spiro atoms. The fraction of sp³-hybridized carbons (Fsp3) is 0.533. The topological polar surface area (TPSA) is 58.4 Å². The molecule has 0 bridgehead atoms. The third-order valence-electron chi connectivity index (χ3n) is 3.92. The second-order valence-corrected chi connectivity index (χ2v) is 5.54. The van der Waals surface area contributed by atoms with E-state index in [4.69, 9.17) is 5.73 Å². The molecule has 2 atom stereocenters. The van der Waals surface area contributed by atoms with E-state index >= 15 is 0 Å². The van der Waals surface area contributed by atoms with Crippen molar-refractivity contribution in [2.75, 3.05) is 19.8 Å². The van der Waals surface area contributed by atoms with Crippen molar-refractivity contribution in [2.24, 2.45) is 0 Å². The molecule has 1 saturated carbocycles. The zero-order valence-electron chi connectivity index (χ0n) is 12.5. The van der Waals surface area contributed by atoms with Crippen LogP contribution < -0.4 is 11.1 Å². The lowest BCUT2D eigenvalue weighted by Gasteiger charge is -2.33. The predicted molar refractivity (Wildman–Crippen MR) is 92.5 cm³/mol. The van der Waals surface area contributed by atoms with Crippen LogP contribution in [0.4, 0.5) is 5.69 Å². The fourth-order valence-corrected chi connectivity index (χ4v) is 2.73. The van der Waals surface area contributed by atoms with Gasteiger partial charge in [0.25, 0.3) is 5.91 Å². The van der Waals surface area contributed by atoms with E-state index in [-0.39, 0.29) is 36.8 Å². The molecule has 0 aliphatic heterocycles. The van der Waals surface area contributed by atoms with Crippen molar-refractivity contribution in [2.45, 2.75) is 37.8 Å². The maximum atomic E-state index is 12.2. The number of nitrogen functional groups attached to an aromatic ring is 1. The number of nitrogens with zero attached hydrogens (tertiary/aromatic N) is 1. The number of hydrogen-bond acceptors (Lipinski definition) is 3. The molecule has 0 heterocycles. The summed E-state index contributed by atoms with van der Waals surface area (Å²) in [6.07, 6.45) is 4.46. The van der Waals surface area contributed by atoms with Crippen LogP contribution in [-0.4, -0.2) is 37.0 Å². The van der Waals surface area contributed by atoms with Gasteiger partial charge in [0.1, 0.15) is 0 Å². The van der Waals surface area contributed by atoms with E-state index in [1.165, 1.54) is 6.42 Å². The van der Waals surface area contributed by atoms with E-state index in [0.29, 0.717) is 17.3 Å². The first-order chi connectivity index (χ1) is 9.08. The van der Waals surface area contributed by atoms with Gasteiger partial charge < -0.3 is 16.0 Å². The van der Waals surface area contributed by atoms with Crippen molar-refractivity contribution in [3.8, 4) is 0 Å². The molecule has 6 heteroatoms. The van der Waals surface area contributed by atoms with Crippen molar-refractivity contribution >= 4 is 36.4 Å². The summed E-state index contributed by atoms with van der Waals surface area (Å²) in [5.41, 5.74) is 6.95. The second kappa shape index (κ2) is 9.13. The lowest BCUT2D eigenvalue weighted by molar-refractivity contribution is 0.0912. The molecule has 0 radical (unpaired) electrons. The highest BCUT2D eigenvalue weighted by atomic mass is 35.5. The Morgan fingerprint density at radius 1 is 1.24 bits per heavy atom. The van der Waals surface area contributed by atoms with Crippen LogP contribution in [0.15, 0.2) is 24.3 Å². The van der Waals surface area contributed by atoms with Gasteiger partial charge in [-0.15, -0.1) is 24.8 Å². The van der Waals surface area contributed by atoms with Crippen molar-refractivity contribution in [3.63, 3.8) is 0 Å². The molecule has 1 aliphatic rings. The van der Waals surface area contributed by atoms with Crippen molar-refractivity contribution in [1.29, 1.82) is 0 Å². The van der Waals surface area contributed by atoms with E-state index in [2.05, 4.69) is 24.3 Å². The highest BCUT2D eigenvalue weighted by Crippen LogP contribution is 2.22. The van der Waals surface area contributed by atoms with Crippen LogP contribution >= 0.6 is 24.8 Å². The van der Waals surface area contributed by atoms with Gasteiger partial charge in [0.2, 0.25) is 0 Å². The molecule has 4 nitrogen and oxygen atoms in total. The monoisotopic (exact) mass is 333 g/mol. The van der Waals surface area contributed by atoms with Gasteiger partial charge in [-0.25, -0.2) is 0 Å². The van der Waals surface area contributed by atoms with Crippen LogP contribution in [0.1, 0.15) is 36.0 Å². The minimum atomic E-state index is -0.0532. The zero-order valence-corrected chi connectivity index (χ0v) is 14.2. The van der Waals surface area contributed by atoms with Crippen molar-refractivity contribution < 1.29 is 4.79 Å². The lowest BCUT2D eigenvalue weighted by Crippen LogP contribution is -2.43. The molecule has 3 N–H and O–H groups in total. The minimum Gasteiger partial charge on any atom is -0.398 e. The van der Waals surface area contributed by atoms with Gasteiger partial charge in [0.15, 0.2) is 0 Å². The number of rotatable bonds is 3. The standard InChI is InChI=1S/C15H23N3O.2ClH/c1-18(2)12-7-5-6-11(10-12)17-15(19)13-8-3-4-9-14(13)16;;/h3-4,8-9,11-12H,5-7,10,16H2,1-2H3,(H,17,19);2*1H. The molecule has 1 aliphatic carbocycles. The smallest absolute Gasteiger partial charge is 0.253 e. The first-order valence-corrected chi connectivity index (χ1v) is 6.89. The highest BCUT2D eigenvalue weighted by molar-refractivity contribution is 5.99. The molecule has 21 heavy (non-hydrogen) atoms.